The number of halogens is 1. The molecule has 5 nitrogen and oxygen atoms in total. The van der Waals surface area contributed by atoms with Crippen LogP contribution in [0.15, 0.2) is 18.2 Å². The number of carbonyl (C=O) groups is 1. The Bertz CT molecular complexity index is 468. The largest absolute Gasteiger partial charge is 0.494 e. The molecule has 0 heterocycles. The highest BCUT2D eigenvalue weighted by Crippen LogP contribution is 2.18. The number of hydrogen-bond donors (Lipinski definition) is 1. The Morgan fingerprint density at radius 1 is 1.43 bits per heavy atom. The number of nitrogens with zero attached hydrogens (tertiary/aromatic N) is 1. The van der Waals surface area contributed by atoms with Crippen molar-refractivity contribution in [3.63, 3.8) is 0 Å². The molecule has 0 bridgehead atoms. The van der Waals surface area contributed by atoms with Crippen LogP contribution in [0.3, 0.4) is 0 Å². The number of carbonyl (C=O) groups excluding carboxylic acids is 1. The summed E-state index contributed by atoms with van der Waals surface area (Å²) < 4.78 is 23.4. The van der Waals surface area contributed by atoms with E-state index >= 15 is 0 Å². The molecule has 0 saturated heterocycles. The Kier molecular flexibility index (Phi) is 7.11. The van der Waals surface area contributed by atoms with Crippen LogP contribution in [0.2, 0.25) is 0 Å². The Morgan fingerprint density at radius 2 is 2.14 bits per heavy atom. The van der Waals surface area contributed by atoms with E-state index in [4.69, 9.17) is 9.47 Å². The van der Waals surface area contributed by atoms with Gasteiger partial charge in [-0.1, -0.05) is 6.07 Å². The molecule has 0 aromatic heterocycles. The zero-order chi connectivity index (χ0) is 15.8. The second kappa shape index (κ2) is 8.59. The van der Waals surface area contributed by atoms with Crippen LogP contribution in [0.4, 0.5) is 4.39 Å². The molecule has 0 aliphatic rings. The molecule has 0 fully saturated rings. The zero-order valence-corrected chi connectivity index (χ0v) is 13.0. The molecule has 1 unspecified atom stereocenters. The number of nitrogens with one attached hydrogen (secondary N) is 1. The van der Waals surface area contributed by atoms with Crippen LogP contribution in [0.25, 0.3) is 0 Å². The molecule has 0 radical (unpaired) electrons. The molecule has 21 heavy (non-hydrogen) atoms. The van der Waals surface area contributed by atoms with E-state index < -0.39 is 5.82 Å². The van der Waals surface area contributed by atoms with Gasteiger partial charge in [0, 0.05) is 19.7 Å². The van der Waals surface area contributed by atoms with E-state index in [-0.39, 0.29) is 24.2 Å². The van der Waals surface area contributed by atoms with Crippen molar-refractivity contribution >= 4 is 5.91 Å². The maximum atomic E-state index is 13.6. The van der Waals surface area contributed by atoms with Crippen molar-refractivity contribution in [3.05, 3.63) is 29.6 Å². The van der Waals surface area contributed by atoms with Gasteiger partial charge in [0.25, 0.3) is 0 Å². The van der Waals surface area contributed by atoms with E-state index in [1.807, 2.05) is 18.9 Å². The summed E-state index contributed by atoms with van der Waals surface area (Å²) in [6, 6.07) is 4.75. The fourth-order valence-electron chi connectivity index (χ4n) is 2.03. The van der Waals surface area contributed by atoms with E-state index in [9.17, 15) is 9.18 Å². The van der Waals surface area contributed by atoms with Crippen LogP contribution in [-0.2, 0) is 16.1 Å². The summed E-state index contributed by atoms with van der Waals surface area (Å²) >= 11 is 0. The lowest BCUT2D eigenvalue weighted by molar-refractivity contribution is -0.123. The van der Waals surface area contributed by atoms with E-state index in [1.165, 1.54) is 13.2 Å². The summed E-state index contributed by atoms with van der Waals surface area (Å²) in [5.41, 5.74) is 0.786. The molecular weight excluding hydrogens is 275 g/mol. The summed E-state index contributed by atoms with van der Waals surface area (Å²) in [6.07, 6.45) is 0. The van der Waals surface area contributed by atoms with Gasteiger partial charge in [0.2, 0.25) is 5.91 Å². The van der Waals surface area contributed by atoms with Crippen molar-refractivity contribution in [1.82, 2.24) is 10.2 Å². The number of hydrogen-bond acceptors (Lipinski definition) is 4. The number of amides is 1. The normalized spacial score (nSPS) is 12.3. The Hall–Kier alpha value is -1.66. The molecule has 1 rings (SSSR count). The lowest BCUT2D eigenvalue weighted by atomic mass is 10.2. The average Bonchev–Trinajstić information content (AvgIpc) is 2.38. The molecule has 1 aromatic rings. The number of ether oxygens (including phenoxy) is 2. The number of likely N-dealkylation sites (N-methyl/N-ethyl adjacent to an activating group) is 1. The molecular formula is C15H23FN2O3. The van der Waals surface area contributed by atoms with Gasteiger partial charge in [-0.25, -0.2) is 4.39 Å². The fraction of sp³-hybridized carbons (Fsp3) is 0.533. The van der Waals surface area contributed by atoms with E-state index in [0.717, 1.165) is 5.56 Å². The van der Waals surface area contributed by atoms with Gasteiger partial charge in [-0.2, -0.15) is 0 Å². The minimum Gasteiger partial charge on any atom is -0.494 e. The first-order chi connectivity index (χ1) is 9.96. The molecule has 1 N–H and O–H groups in total. The quantitative estimate of drug-likeness (QED) is 0.788. The zero-order valence-electron chi connectivity index (χ0n) is 13.0. The number of benzene rings is 1. The molecule has 1 atom stereocenters. The molecule has 1 aromatic carbocycles. The summed E-state index contributed by atoms with van der Waals surface area (Å²) in [7, 11) is 4.82. The highest BCUT2D eigenvalue weighted by molar-refractivity contribution is 5.78. The van der Waals surface area contributed by atoms with Crippen molar-refractivity contribution < 1.29 is 18.7 Å². The molecule has 6 heteroatoms. The van der Waals surface area contributed by atoms with Gasteiger partial charge in [-0.15, -0.1) is 0 Å². The highest BCUT2D eigenvalue weighted by Gasteiger charge is 2.11. The van der Waals surface area contributed by atoms with Crippen LogP contribution in [0.5, 0.6) is 5.75 Å². The summed E-state index contributed by atoms with van der Waals surface area (Å²) in [6.45, 7) is 3.06. The van der Waals surface area contributed by atoms with Crippen LogP contribution >= 0.6 is 0 Å². The van der Waals surface area contributed by atoms with Gasteiger partial charge >= 0.3 is 0 Å². The molecule has 1 amide bonds. The molecule has 0 aliphatic heterocycles. The summed E-state index contributed by atoms with van der Waals surface area (Å²) in [5, 5.41) is 2.83. The average molecular weight is 298 g/mol. The molecule has 0 aliphatic carbocycles. The maximum Gasteiger partial charge on any atom is 0.234 e. The minimum absolute atomic E-state index is 0.0330. The highest BCUT2D eigenvalue weighted by atomic mass is 19.1. The van der Waals surface area contributed by atoms with Crippen LogP contribution in [0.1, 0.15) is 12.5 Å². The van der Waals surface area contributed by atoms with E-state index in [1.54, 1.807) is 19.2 Å². The first-order valence-electron chi connectivity index (χ1n) is 6.75. The third-order valence-corrected chi connectivity index (χ3v) is 2.91. The summed E-state index contributed by atoms with van der Waals surface area (Å²) in [5.74, 6) is -0.273. The van der Waals surface area contributed by atoms with Gasteiger partial charge in [-0.3, -0.25) is 9.69 Å². The van der Waals surface area contributed by atoms with Crippen molar-refractivity contribution in [2.24, 2.45) is 0 Å². The lowest BCUT2D eigenvalue weighted by Crippen LogP contribution is -2.41. The van der Waals surface area contributed by atoms with Gasteiger partial charge in [0.05, 0.1) is 20.3 Å². The van der Waals surface area contributed by atoms with Crippen molar-refractivity contribution in [2.75, 3.05) is 34.4 Å². The van der Waals surface area contributed by atoms with Crippen LogP contribution in [-0.4, -0.2) is 51.3 Å². The van der Waals surface area contributed by atoms with Crippen LogP contribution < -0.4 is 10.1 Å². The Balaban J connectivity index is 2.48. The van der Waals surface area contributed by atoms with Crippen LogP contribution in [0, 0.1) is 5.82 Å². The third kappa shape index (κ3) is 6.10. The minimum atomic E-state index is -0.401. The van der Waals surface area contributed by atoms with Crippen molar-refractivity contribution in [3.8, 4) is 5.75 Å². The van der Waals surface area contributed by atoms with Gasteiger partial charge < -0.3 is 14.8 Å². The van der Waals surface area contributed by atoms with Crippen molar-refractivity contribution in [2.45, 2.75) is 19.5 Å². The number of methoxy groups -OCH3 is 2. The standard InChI is InChI=1S/C15H23FN2O3/c1-11(10-20-3)17-15(19)9-18(2)8-12-5-6-14(21-4)13(16)7-12/h5-7,11H,8-10H2,1-4H3,(H,17,19). The SMILES string of the molecule is COCC(C)NC(=O)CN(C)Cc1ccc(OC)c(F)c1. The van der Waals surface area contributed by atoms with E-state index in [2.05, 4.69) is 5.32 Å². The summed E-state index contributed by atoms with van der Waals surface area (Å²) in [4.78, 5) is 13.6. The maximum absolute atomic E-state index is 13.6. The molecule has 0 saturated carbocycles. The third-order valence-electron chi connectivity index (χ3n) is 2.91. The van der Waals surface area contributed by atoms with Gasteiger partial charge in [0.15, 0.2) is 11.6 Å². The Morgan fingerprint density at radius 3 is 2.71 bits per heavy atom. The molecule has 0 spiro atoms. The van der Waals surface area contributed by atoms with Gasteiger partial charge in [0.1, 0.15) is 0 Å². The smallest absolute Gasteiger partial charge is 0.234 e. The molecule has 118 valence electrons. The predicted octanol–water partition coefficient (Wildman–Crippen LogP) is 1.42. The predicted molar refractivity (Wildman–Crippen MR) is 78.8 cm³/mol. The van der Waals surface area contributed by atoms with Crippen molar-refractivity contribution in [1.29, 1.82) is 0 Å². The second-order valence-corrected chi connectivity index (χ2v) is 5.07. The second-order valence-electron chi connectivity index (χ2n) is 5.07. The first kappa shape index (κ1) is 17.4. The number of rotatable bonds is 8. The fourth-order valence-corrected chi connectivity index (χ4v) is 2.03. The lowest BCUT2D eigenvalue weighted by Gasteiger charge is -2.19. The first-order valence-corrected chi connectivity index (χ1v) is 6.75. The van der Waals surface area contributed by atoms with E-state index in [0.29, 0.717) is 13.2 Å². The Labute approximate surface area is 125 Å². The topological polar surface area (TPSA) is 50.8 Å². The monoisotopic (exact) mass is 298 g/mol. The van der Waals surface area contributed by atoms with Gasteiger partial charge in [-0.05, 0) is 31.7 Å².